The SMILES string of the molecule is CCNCc1cn[nH]c1S(=O)(=O)N1CCC(C)(CC)CC1. The maximum atomic E-state index is 12.8. The zero-order valence-electron chi connectivity index (χ0n) is 13.1. The van der Waals surface area contributed by atoms with E-state index in [4.69, 9.17) is 0 Å². The second kappa shape index (κ2) is 6.46. The Morgan fingerprint density at radius 3 is 2.62 bits per heavy atom. The molecule has 2 heterocycles. The highest BCUT2D eigenvalue weighted by atomic mass is 32.2. The average molecular weight is 314 g/mol. The molecule has 2 N–H and O–H groups in total. The number of hydrogen-bond acceptors (Lipinski definition) is 4. The molecule has 6 nitrogen and oxygen atoms in total. The fourth-order valence-corrected chi connectivity index (χ4v) is 4.20. The third kappa shape index (κ3) is 3.46. The van der Waals surface area contributed by atoms with Gasteiger partial charge in [-0.05, 0) is 24.8 Å². The van der Waals surface area contributed by atoms with Gasteiger partial charge in [-0.25, -0.2) is 8.42 Å². The molecule has 1 aromatic rings. The molecule has 1 aliphatic rings. The smallest absolute Gasteiger partial charge is 0.260 e. The van der Waals surface area contributed by atoms with Crippen LogP contribution in [0.25, 0.3) is 0 Å². The first-order chi connectivity index (χ1) is 9.93. The van der Waals surface area contributed by atoms with Crippen molar-refractivity contribution in [2.24, 2.45) is 5.41 Å². The summed E-state index contributed by atoms with van der Waals surface area (Å²) in [6, 6.07) is 0. The molecular weight excluding hydrogens is 288 g/mol. The van der Waals surface area contributed by atoms with Crippen molar-refractivity contribution in [2.75, 3.05) is 19.6 Å². The van der Waals surface area contributed by atoms with Crippen LogP contribution in [0.3, 0.4) is 0 Å². The number of hydrogen-bond donors (Lipinski definition) is 2. The van der Waals surface area contributed by atoms with Gasteiger partial charge in [0, 0.05) is 25.2 Å². The number of rotatable bonds is 6. The van der Waals surface area contributed by atoms with Gasteiger partial charge in [-0.2, -0.15) is 9.40 Å². The first kappa shape index (κ1) is 16.5. The summed E-state index contributed by atoms with van der Waals surface area (Å²) in [6.07, 6.45) is 4.52. The minimum absolute atomic E-state index is 0.239. The van der Waals surface area contributed by atoms with Gasteiger partial charge in [-0.3, -0.25) is 5.10 Å². The standard InChI is InChI=1S/C14H26N4O2S/c1-4-14(3)6-8-18(9-7-14)21(19,20)13-12(10-15-5-2)11-16-17-13/h11,15H,4-10H2,1-3H3,(H,16,17). The van der Waals surface area contributed by atoms with E-state index >= 15 is 0 Å². The topological polar surface area (TPSA) is 78.1 Å². The zero-order chi connectivity index (χ0) is 15.5. The lowest BCUT2D eigenvalue weighted by atomic mass is 9.79. The van der Waals surface area contributed by atoms with E-state index in [1.807, 2.05) is 6.92 Å². The maximum absolute atomic E-state index is 12.8. The first-order valence-corrected chi connectivity index (χ1v) is 9.10. The van der Waals surface area contributed by atoms with Crippen molar-refractivity contribution in [3.63, 3.8) is 0 Å². The molecule has 7 heteroatoms. The largest absolute Gasteiger partial charge is 0.313 e. The number of aromatic nitrogens is 2. The van der Waals surface area contributed by atoms with E-state index in [0.29, 0.717) is 25.2 Å². The fraction of sp³-hybridized carbons (Fsp3) is 0.786. The van der Waals surface area contributed by atoms with Crippen LogP contribution in [0.4, 0.5) is 0 Å². The molecule has 21 heavy (non-hydrogen) atoms. The summed E-state index contributed by atoms with van der Waals surface area (Å²) < 4.78 is 27.1. The highest BCUT2D eigenvalue weighted by Gasteiger charge is 2.35. The summed E-state index contributed by atoms with van der Waals surface area (Å²) >= 11 is 0. The van der Waals surface area contributed by atoms with Crippen molar-refractivity contribution >= 4 is 10.0 Å². The van der Waals surface area contributed by atoms with Crippen LogP contribution in [0.15, 0.2) is 11.2 Å². The lowest BCUT2D eigenvalue weighted by molar-refractivity contribution is 0.168. The molecular formula is C14H26N4O2S. The molecule has 0 aromatic carbocycles. The van der Waals surface area contributed by atoms with Gasteiger partial charge in [0.1, 0.15) is 0 Å². The van der Waals surface area contributed by atoms with Crippen molar-refractivity contribution < 1.29 is 8.42 Å². The Hall–Kier alpha value is -0.920. The number of nitrogens with one attached hydrogen (secondary N) is 2. The number of sulfonamides is 1. The molecule has 0 atom stereocenters. The Kier molecular flexibility index (Phi) is 5.06. The maximum Gasteiger partial charge on any atom is 0.260 e. The van der Waals surface area contributed by atoms with Gasteiger partial charge in [0.25, 0.3) is 10.0 Å². The zero-order valence-corrected chi connectivity index (χ0v) is 14.0. The molecule has 2 rings (SSSR count). The highest BCUT2D eigenvalue weighted by Crippen LogP contribution is 2.35. The van der Waals surface area contributed by atoms with E-state index in [-0.39, 0.29) is 10.4 Å². The second-order valence-corrected chi connectivity index (χ2v) is 7.95. The van der Waals surface area contributed by atoms with Gasteiger partial charge in [-0.1, -0.05) is 27.2 Å². The average Bonchev–Trinajstić information content (AvgIpc) is 2.95. The molecule has 0 bridgehead atoms. The lowest BCUT2D eigenvalue weighted by Crippen LogP contribution is -2.42. The van der Waals surface area contributed by atoms with Crippen LogP contribution >= 0.6 is 0 Å². The monoisotopic (exact) mass is 314 g/mol. The molecule has 0 amide bonds. The number of nitrogens with zero attached hydrogens (tertiary/aromatic N) is 2. The number of aromatic amines is 1. The summed E-state index contributed by atoms with van der Waals surface area (Å²) in [4.78, 5) is 0. The van der Waals surface area contributed by atoms with E-state index < -0.39 is 10.0 Å². The van der Waals surface area contributed by atoms with Crippen LogP contribution in [0.2, 0.25) is 0 Å². The fourth-order valence-electron chi connectivity index (χ4n) is 2.66. The van der Waals surface area contributed by atoms with Crippen molar-refractivity contribution in [1.82, 2.24) is 19.8 Å². The lowest BCUT2D eigenvalue weighted by Gasteiger charge is -2.38. The third-order valence-electron chi connectivity index (χ3n) is 4.62. The van der Waals surface area contributed by atoms with Crippen LogP contribution in [0.1, 0.15) is 45.6 Å². The Labute approximate surface area is 127 Å². The van der Waals surface area contributed by atoms with Crippen molar-refractivity contribution in [3.8, 4) is 0 Å². The molecule has 1 aliphatic heterocycles. The Morgan fingerprint density at radius 2 is 2.05 bits per heavy atom. The molecule has 0 aliphatic carbocycles. The number of H-pyrrole nitrogens is 1. The van der Waals surface area contributed by atoms with Crippen molar-refractivity contribution in [3.05, 3.63) is 11.8 Å². The van der Waals surface area contributed by atoms with Gasteiger partial charge in [-0.15, -0.1) is 0 Å². The molecule has 0 spiro atoms. The van der Waals surface area contributed by atoms with Gasteiger partial charge in [0.15, 0.2) is 5.03 Å². The van der Waals surface area contributed by atoms with Crippen LogP contribution < -0.4 is 5.32 Å². The molecule has 1 saturated heterocycles. The first-order valence-electron chi connectivity index (χ1n) is 7.66. The Morgan fingerprint density at radius 1 is 1.38 bits per heavy atom. The molecule has 0 unspecified atom stereocenters. The number of piperidine rings is 1. The summed E-state index contributed by atoms with van der Waals surface area (Å²) in [6.45, 7) is 8.89. The van der Waals surface area contributed by atoms with Crippen molar-refractivity contribution in [2.45, 2.75) is 51.6 Å². The predicted molar refractivity (Wildman–Crippen MR) is 82.4 cm³/mol. The van der Waals surface area contributed by atoms with Crippen LogP contribution in [0, 0.1) is 5.41 Å². The van der Waals surface area contributed by atoms with Crippen LogP contribution in [-0.4, -0.2) is 42.6 Å². The second-order valence-electron chi connectivity index (χ2n) is 6.07. The van der Waals surface area contributed by atoms with E-state index in [9.17, 15) is 8.42 Å². The minimum Gasteiger partial charge on any atom is -0.313 e. The molecule has 1 fully saturated rings. The Balaban J connectivity index is 2.14. The third-order valence-corrected chi connectivity index (χ3v) is 6.54. The van der Waals surface area contributed by atoms with Crippen LogP contribution in [0.5, 0.6) is 0 Å². The minimum atomic E-state index is -3.46. The van der Waals surface area contributed by atoms with Gasteiger partial charge < -0.3 is 5.32 Å². The van der Waals surface area contributed by atoms with E-state index in [2.05, 4.69) is 29.4 Å². The van der Waals surface area contributed by atoms with Gasteiger partial charge >= 0.3 is 0 Å². The molecule has 1 aromatic heterocycles. The summed E-state index contributed by atoms with van der Waals surface area (Å²) in [5.74, 6) is 0. The normalized spacial score (nSPS) is 19.8. The molecule has 0 saturated carbocycles. The molecule has 120 valence electrons. The van der Waals surface area contributed by atoms with Crippen LogP contribution in [-0.2, 0) is 16.6 Å². The van der Waals surface area contributed by atoms with E-state index in [1.165, 1.54) is 0 Å². The Bertz CT molecular complexity index is 559. The summed E-state index contributed by atoms with van der Waals surface area (Å²) in [5, 5.41) is 9.96. The summed E-state index contributed by atoms with van der Waals surface area (Å²) in [7, 11) is -3.46. The van der Waals surface area contributed by atoms with Gasteiger partial charge in [0.05, 0.1) is 6.20 Å². The summed E-state index contributed by atoms with van der Waals surface area (Å²) in [5.41, 5.74) is 0.979. The molecule has 0 radical (unpaired) electrons. The predicted octanol–water partition coefficient (Wildman–Crippen LogP) is 1.72. The van der Waals surface area contributed by atoms with E-state index in [0.717, 1.165) is 25.8 Å². The van der Waals surface area contributed by atoms with E-state index in [1.54, 1.807) is 10.5 Å². The highest BCUT2D eigenvalue weighted by molar-refractivity contribution is 7.89. The quantitative estimate of drug-likeness (QED) is 0.838. The van der Waals surface area contributed by atoms with Gasteiger partial charge in [0.2, 0.25) is 0 Å². The van der Waals surface area contributed by atoms with Crippen molar-refractivity contribution in [1.29, 1.82) is 0 Å².